The van der Waals surface area contributed by atoms with Gasteiger partial charge in [0.05, 0.1) is 12.7 Å². The molecule has 0 spiro atoms. The van der Waals surface area contributed by atoms with Gasteiger partial charge >= 0.3 is 0 Å². The summed E-state index contributed by atoms with van der Waals surface area (Å²) in [6.45, 7) is 1.01. The summed E-state index contributed by atoms with van der Waals surface area (Å²) in [7, 11) is 0. The maximum Gasteiger partial charge on any atom is 0.0696 e. The summed E-state index contributed by atoms with van der Waals surface area (Å²) in [5.74, 6) is 0. The SMILES string of the molecule is N#CCC1(Cn2ccc(CO)c2)CC1. The lowest BCUT2D eigenvalue weighted by molar-refractivity contribution is 0.281. The van der Waals surface area contributed by atoms with E-state index in [1.54, 1.807) is 0 Å². The largest absolute Gasteiger partial charge is 0.392 e. The molecule has 74 valence electrons. The van der Waals surface area contributed by atoms with E-state index in [4.69, 9.17) is 10.4 Å². The molecule has 0 amide bonds. The number of aliphatic hydroxyl groups excluding tert-OH is 1. The fraction of sp³-hybridized carbons (Fsp3) is 0.545. The van der Waals surface area contributed by atoms with Crippen LogP contribution in [0.2, 0.25) is 0 Å². The number of rotatable bonds is 4. The Bertz CT molecular complexity index is 358. The van der Waals surface area contributed by atoms with Crippen molar-refractivity contribution in [2.45, 2.75) is 32.4 Å². The van der Waals surface area contributed by atoms with Crippen molar-refractivity contribution in [3.8, 4) is 6.07 Å². The normalized spacial score (nSPS) is 17.7. The van der Waals surface area contributed by atoms with E-state index >= 15 is 0 Å². The van der Waals surface area contributed by atoms with Crippen molar-refractivity contribution in [1.29, 1.82) is 5.26 Å². The summed E-state index contributed by atoms with van der Waals surface area (Å²) >= 11 is 0. The number of aromatic nitrogens is 1. The third-order valence-corrected chi connectivity index (χ3v) is 2.92. The quantitative estimate of drug-likeness (QED) is 0.785. The summed E-state index contributed by atoms with van der Waals surface area (Å²) in [5.41, 5.74) is 1.18. The van der Waals surface area contributed by atoms with Gasteiger partial charge in [-0.25, -0.2) is 0 Å². The third-order valence-electron chi connectivity index (χ3n) is 2.92. The molecule has 1 N–H and O–H groups in total. The fourth-order valence-electron chi connectivity index (χ4n) is 1.80. The highest BCUT2D eigenvalue weighted by molar-refractivity contribution is 5.10. The first kappa shape index (κ1) is 9.29. The molecular weight excluding hydrogens is 176 g/mol. The van der Waals surface area contributed by atoms with Crippen LogP contribution >= 0.6 is 0 Å². The standard InChI is InChI=1S/C11H14N2O/c12-5-4-11(2-3-11)9-13-6-1-10(7-13)8-14/h1,6-7,14H,2-4,8-9H2. The van der Waals surface area contributed by atoms with Gasteiger partial charge in [0.15, 0.2) is 0 Å². The van der Waals surface area contributed by atoms with Crippen molar-refractivity contribution in [1.82, 2.24) is 4.57 Å². The Morgan fingerprint density at radius 3 is 2.86 bits per heavy atom. The molecule has 0 saturated heterocycles. The average molecular weight is 190 g/mol. The maximum absolute atomic E-state index is 8.90. The van der Waals surface area contributed by atoms with Gasteiger partial charge in [-0.05, 0) is 24.5 Å². The lowest BCUT2D eigenvalue weighted by atomic mass is 10.0. The minimum Gasteiger partial charge on any atom is -0.392 e. The van der Waals surface area contributed by atoms with Gasteiger partial charge in [-0.15, -0.1) is 0 Å². The summed E-state index contributed by atoms with van der Waals surface area (Å²) in [6, 6.07) is 4.17. The molecule has 0 aromatic carbocycles. The number of nitrogens with zero attached hydrogens (tertiary/aromatic N) is 2. The Hall–Kier alpha value is -1.27. The molecule has 1 aromatic rings. The first-order valence-corrected chi connectivity index (χ1v) is 4.90. The second kappa shape index (κ2) is 3.47. The van der Waals surface area contributed by atoms with E-state index in [1.807, 2.05) is 18.5 Å². The van der Waals surface area contributed by atoms with Crippen LogP contribution in [0, 0.1) is 16.7 Å². The smallest absolute Gasteiger partial charge is 0.0696 e. The van der Waals surface area contributed by atoms with Crippen LogP contribution in [0.25, 0.3) is 0 Å². The molecule has 2 rings (SSSR count). The number of nitriles is 1. The van der Waals surface area contributed by atoms with Gasteiger partial charge in [-0.2, -0.15) is 5.26 Å². The highest BCUT2D eigenvalue weighted by atomic mass is 16.3. The van der Waals surface area contributed by atoms with Crippen molar-refractivity contribution in [2.24, 2.45) is 5.41 Å². The van der Waals surface area contributed by atoms with Crippen LogP contribution in [0.15, 0.2) is 18.5 Å². The molecule has 1 aliphatic carbocycles. The molecule has 0 radical (unpaired) electrons. The topological polar surface area (TPSA) is 49.0 Å². The van der Waals surface area contributed by atoms with Crippen LogP contribution in [-0.2, 0) is 13.2 Å². The number of hydrogen-bond acceptors (Lipinski definition) is 2. The Kier molecular flexibility index (Phi) is 2.30. The van der Waals surface area contributed by atoms with E-state index in [0.29, 0.717) is 6.42 Å². The molecule has 1 aromatic heterocycles. The van der Waals surface area contributed by atoms with Crippen LogP contribution in [0.4, 0.5) is 0 Å². The molecule has 1 fully saturated rings. The minimum absolute atomic E-state index is 0.0955. The van der Waals surface area contributed by atoms with Crippen LogP contribution in [0.5, 0.6) is 0 Å². The molecular formula is C11H14N2O. The summed E-state index contributed by atoms with van der Waals surface area (Å²) in [4.78, 5) is 0. The summed E-state index contributed by atoms with van der Waals surface area (Å²) < 4.78 is 2.08. The van der Waals surface area contributed by atoms with Crippen molar-refractivity contribution >= 4 is 0 Å². The Balaban J connectivity index is 2.01. The number of aliphatic hydroxyl groups is 1. The zero-order valence-electron chi connectivity index (χ0n) is 8.11. The first-order valence-electron chi connectivity index (χ1n) is 4.90. The predicted molar refractivity (Wildman–Crippen MR) is 52.3 cm³/mol. The summed E-state index contributed by atoms with van der Waals surface area (Å²) in [5, 5.41) is 17.6. The van der Waals surface area contributed by atoms with Crippen LogP contribution < -0.4 is 0 Å². The van der Waals surface area contributed by atoms with Gasteiger partial charge in [-0.1, -0.05) is 0 Å². The average Bonchev–Trinajstić information content (AvgIpc) is 2.78. The number of hydrogen-bond donors (Lipinski definition) is 1. The molecule has 1 heterocycles. The van der Waals surface area contributed by atoms with E-state index in [2.05, 4.69) is 10.6 Å². The second-order valence-corrected chi connectivity index (χ2v) is 4.19. The van der Waals surface area contributed by atoms with Crippen molar-refractivity contribution in [2.75, 3.05) is 0 Å². The van der Waals surface area contributed by atoms with E-state index in [1.165, 1.54) is 0 Å². The van der Waals surface area contributed by atoms with Crippen molar-refractivity contribution < 1.29 is 5.11 Å². The van der Waals surface area contributed by atoms with E-state index in [0.717, 1.165) is 24.9 Å². The van der Waals surface area contributed by atoms with Gasteiger partial charge in [0, 0.05) is 30.8 Å². The Morgan fingerprint density at radius 2 is 2.36 bits per heavy atom. The molecule has 0 bridgehead atoms. The monoisotopic (exact) mass is 190 g/mol. The summed E-state index contributed by atoms with van der Waals surface area (Å²) in [6.07, 6.45) is 6.90. The molecule has 0 unspecified atom stereocenters. The second-order valence-electron chi connectivity index (χ2n) is 4.19. The lowest BCUT2D eigenvalue weighted by Crippen LogP contribution is -2.09. The fourth-order valence-corrected chi connectivity index (χ4v) is 1.80. The van der Waals surface area contributed by atoms with E-state index in [9.17, 15) is 0 Å². The molecule has 3 heteroatoms. The van der Waals surface area contributed by atoms with Gasteiger partial charge in [-0.3, -0.25) is 0 Å². The lowest BCUT2D eigenvalue weighted by Gasteiger charge is -2.11. The molecule has 14 heavy (non-hydrogen) atoms. The van der Waals surface area contributed by atoms with E-state index in [-0.39, 0.29) is 12.0 Å². The van der Waals surface area contributed by atoms with Crippen LogP contribution in [0.3, 0.4) is 0 Å². The zero-order chi connectivity index (χ0) is 10.0. The predicted octanol–water partition coefficient (Wildman–Crippen LogP) is 1.67. The molecule has 1 saturated carbocycles. The van der Waals surface area contributed by atoms with Gasteiger partial charge in [0.2, 0.25) is 0 Å². The van der Waals surface area contributed by atoms with Gasteiger partial charge in [0.25, 0.3) is 0 Å². The highest BCUT2D eigenvalue weighted by Crippen LogP contribution is 2.49. The van der Waals surface area contributed by atoms with Gasteiger partial charge < -0.3 is 9.67 Å². The van der Waals surface area contributed by atoms with E-state index < -0.39 is 0 Å². The maximum atomic E-state index is 8.90. The van der Waals surface area contributed by atoms with Gasteiger partial charge in [0.1, 0.15) is 0 Å². The zero-order valence-corrected chi connectivity index (χ0v) is 8.11. The highest BCUT2D eigenvalue weighted by Gasteiger charge is 2.42. The Morgan fingerprint density at radius 1 is 1.57 bits per heavy atom. The molecule has 0 atom stereocenters. The first-order chi connectivity index (χ1) is 6.78. The van der Waals surface area contributed by atoms with Crippen LogP contribution in [0.1, 0.15) is 24.8 Å². The molecule has 0 aliphatic heterocycles. The van der Waals surface area contributed by atoms with Crippen molar-refractivity contribution in [3.05, 3.63) is 24.0 Å². The van der Waals surface area contributed by atoms with Crippen LogP contribution in [-0.4, -0.2) is 9.67 Å². The van der Waals surface area contributed by atoms with Crippen molar-refractivity contribution in [3.63, 3.8) is 0 Å². The third kappa shape index (κ3) is 1.80. The Labute approximate surface area is 83.6 Å². The molecule has 3 nitrogen and oxygen atoms in total. The minimum atomic E-state index is 0.0955. The molecule has 1 aliphatic rings.